The average Bonchev–Trinajstić information content (AvgIpc) is 3.24. The molecule has 2 aromatic carbocycles. The molecular weight excluding hydrogens is 410 g/mol. The van der Waals surface area contributed by atoms with Crippen molar-refractivity contribution < 1.29 is 4.79 Å². The smallest absolute Gasteiger partial charge is 0.254 e. The first-order chi connectivity index (χ1) is 15.1. The molecule has 1 N–H and O–H groups in total. The molecule has 1 aliphatic rings. The van der Waals surface area contributed by atoms with Crippen molar-refractivity contribution in [1.82, 2.24) is 20.0 Å². The molecule has 4 rings (SSSR count). The number of carbonyl (C=O) groups excluding carboxylic acids is 1. The van der Waals surface area contributed by atoms with E-state index in [1.165, 1.54) is 11.3 Å². The van der Waals surface area contributed by atoms with Crippen molar-refractivity contribution in [3.05, 3.63) is 82.6 Å². The number of amides is 1. The third-order valence-electron chi connectivity index (χ3n) is 5.64. The molecular formula is C24H28ClN5O. The highest BCUT2D eigenvalue weighted by atomic mass is 35.5. The summed E-state index contributed by atoms with van der Waals surface area (Å²) in [6, 6.07) is 16.3. The number of nitrogens with one attached hydrogen (secondary N) is 1. The number of rotatable bonds is 7. The Bertz CT molecular complexity index is 1030. The Balaban J connectivity index is 1.20. The lowest BCUT2D eigenvalue weighted by Crippen LogP contribution is -2.48. The van der Waals surface area contributed by atoms with Crippen molar-refractivity contribution in [1.29, 1.82) is 0 Å². The fourth-order valence-electron chi connectivity index (χ4n) is 3.85. The highest BCUT2D eigenvalue weighted by Crippen LogP contribution is 2.18. The van der Waals surface area contributed by atoms with Gasteiger partial charge in [0.25, 0.3) is 5.91 Å². The highest BCUT2D eigenvalue weighted by molar-refractivity contribution is 6.31. The summed E-state index contributed by atoms with van der Waals surface area (Å²) < 4.78 is 1.74. The number of piperazine rings is 1. The van der Waals surface area contributed by atoms with Crippen molar-refractivity contribution in [3.8, 4) is 0 Å². The minimum atomic E-state index is -0.0937. The number of benzene rings is 2. The fraction of sp³-hybridized carbons (Fsp3) is 0.333. The van der Waals surface area contributed by atoms with Gasteiger partial charge in [0, 0.05) is 56.2 Å². The molecule has 0 atom stereocenters. The number of aromatic nitrogens is 2. The van der Waals surface area contributed by atoms with Gasteiger partial charge in [-0.15, -0.1) is 0 Å². The van der Waals surface area contributed by atoms with Gasteiger partial charge in [0.2, 0.25) is 0 Å². The summed E-state index contributed by atoms with van der Waals surface area (Å²) >= 11 is 6.21. The molecule has 6 nitrogen and oxygen atoms in total. The van der Waals surface area contributed by atoms with E-state index in [1.54, 1.807) is 17.1 Å². The zero-order chi connectivity index (χ0) is 21.6. The molecule has 1 aliphatic heterocycles. The van der Waals surface area contributed by atoms with Crippen LogP contribution in [-0.2, 0) is 6.54 Å². The quantitative estimate of drug-likeness (QED) is 0.615. The molecule has 1 amide bonds. The summed E-state index contributed by atoms with van der Waals surface area (Å²) in [5.74, 6) is -0.0937. The first-order valence-electron chi connectivity index (χ1n) is 10.7. The van der Waals surface area contributed by atoms with E-state index in [4.69, 9.17) is 11.6 Å². The average molecular weight is 438 g/mol. The van der Waals surface area contributed by atoms with E-state index in [0.717, 1.165) is 38.3 Å². The molecule has 1 fully saturated rings. The fourth-order valence-corrected chi connectivity index (χ4v) is 4.05. The monoisotopic (exact) mass is 437 g/mol. The standard InChI is InChI=1S/C24H28ClN5O/c1-19-5-4-7-22(15-19)29-13-11-28(12-14-29)10-9-26-24(31)21-16-27-30(18-21)17-20-6-2-3-8-23(20)25/h2-8,15-16,18H,9-14,17H2,1H3,(H,26,31). The van der Waals surface area contributed by atoms with E-state index < -0.39 is 0 Å². The second-order valence-electron chi connectivity index (χ2n) is 7.94. The van der Waals surface area contributed by atoms with Gasteiger partial charge in [0.05, 0.1) is 18.3 Å². The van der Waals surface area contributed by atoms with Gasteiger partial charge in [-0.1, -0.05) is 41.9 Å². The Morgan fingerprint density at radius 3 is 2.68 bits per heavy atom. The zero-order valence-corrected chi connectivity index (χ0v) is 18.6. The summed E-state index contributed by atoms with van der Waals surface area (Å²) in [5.41, 5.74) is 4.12. The van der Waals surface area contributed by atoms with Crippen LogP contribution in [-0.4, -0.2) is 59.9 Å². The third-order valence-corrected chi connectivity index (χ3v) is 6.01. The van der Waals surface area contributed by atoms with Crippen molar-refractivity contribution in [2.24, 2.45) is 0 Å². The van der Waals surface area contributed by atoms with Gasteiger partial charge in [0.1, 0.15) is 0 Å². The van der Waals surface area contributed by atoms with E-state index in [-0.39, 0.29) is 5.91 Å². The van der Waals surface area contributed by atoms with Crippen LogP contribution < -0.4 is 10.2 Å². The first-order valence-corrected chi connectivity index (χ1v) is 11.0. The maximum absolute atomic E-state index is 12.5. The van der Waals surface area contributed by atoms with Crippen LogP contribution in [0.15, 0.2) is 60.9 Å². The maximum atomic E-state index is 12.5. The lowest BCUT2D eigenvalue weighted by atomic mass is 10.2. The number of hydrogen-bond donors (Lipinski definition) is 1. The number of halogens is 1. The molecule has 3 aromatic rings. The predicted octanol–water partition coefficient (Wildman–Crippen LogP) is 3.45. The molecule has 0 unspecified atom stereocenters. The number of hydrogen-bond acceptors (Lipinski definition) is 4. The van der Waals surface area contributed by atoms with E-state index in [1.807, 2.05) is 24.3 Å². The minimum absolute atomic E-state index is 0.0937. The first kappa shape index (κ1) is 21.4. The Hall–Kier alpha value is -2.83. The van der Waals surface area contributed by atoms with Gasteiger partial charge >= 0.3 is 0 Å². The largest absolute Gasteiger partial charge is 0.369 e. The Morgan fingerprint density at radius 2 is 1.90 bits per heavy atom. The van der Waals surface area contributed by atoms with Gasteiger partial charge in [-0.3, -0.25) is 14.4 Å². The van der Waals surface area contributed by atoms with Crippen LogP contribution in [0, 0.1) is 6.92 Å². The molecule has 0 saturated carbocycles. The molecule has 1 aromatic heterocycles. The van der Waals surface area contributed by atoms with Gasteiger partial charge in [0.15, 0.2) is 0 Å². The molecule has 162 valence electrons. The number of aryl methyl sites for hydroxylation is 1. The Labute approximate surface area is 188 Å². The highest BCUT2D eigenvalue weighted by Gasteiger charge is 2.17. The van der Waals surface area contributed by atoms with E-state index >= 15 is 0 Å². The summed E-state index contributed by atoms with van der Waals surface area (Å²) in [5, 5.41) is 8.01. The Kier molecular flexibility index (Phi) is 6.89. The number of nitrogens with zero attached hydrogens (tertiary/aromatic N) is 4. The molecule has 2 heterocycles. The maximum Gasteiger partial charge on any atom is 0.254 e. The van der Waals surface area contributed by atoms with Crippen LogP contribution in [0.2, 0.25) is 5.02 Å². The van der Waals surface area contributed by atoms with Crippen molar-refractivity contribution >= 4 is 23.2 Å². The van der Waals surface area contributed by atoms with Crippen LogP contribution in [0.25, 0.3) is 0 Å². The molecule has 31 heavy (non-hydrogen) atoms. The molecule has 0 radical (unpaired) electrons. The van der Waals surface area contributed by atoms with Crippen LogP contribution in [0.1, 0.15) is 21.5 Å². The van der Waals surface area contributed by atoms with E-state index in [9.17, 15) is 4.79 Å². The molecule has 0 aliphatic carbocycles. The van der Waals surface area contributed by atoms with Gasteiger partial charge < -0.3 is 10.2 Å². The van der Waals surface area contributed by atoms with Crippen LogP contribution in [0.4, 0.5) is 5.69 Å². The van der Waals surface area contributed by atoms with Gasteiger partial charge in [-0.05, 0) is 36.2 Å². The number of anilines is 1. The van der Waals surface area contributed by atoms with Crippen LogP contribution in [0.5, 0.6) is 0 Å². The summed E-state index contributed by atoms with van der Waals surface area (Å²) in [6.45, 7) is 8.15. The van der Waals surface area contributed by atoms with Crippen molar-refractivity contribution in [2.75, 3.05) is 44.2 Å². The summed E-state index contributed by atoms with van der Waals surface area (Å²) in [7, 11) is 0. The third kappa shape index (κ3) is 5.66. The number of carbonyl (C=O) groups is 1. The molecule has 1 saturated heterocycles. The molecule has 0 spiro atoms. The summed E-state index contributed by atoms with van der Waals surface area (Å²) in [6.07, 6.45) is 3.37. The Morgan fingerprint density at radius 1 is 1.10 bits per heavy atom. The molecule has 0 bridgehead atoms. The zero-order valence-electron chi connectivity index (χ0n) is 17.8. The van der Waals surface area contributed by atoms with Crippen molar-refractivity contribution in [2.45, 2.75) is 13.5 Å². The van der Waals surface area contributed by atoms with Crippen molar-refractivity contribution in [3.63, 3.8) is 0 Å². The predicted molar refractivity (Wildman–Crippen MR) is 125 cm³/mol. The second-order valence-corrected chi connectivity index (χ2v) is 8.35. The second kappa shape index (κ2) is 9.98. The lowest BCUT2D eigenvalue weighted by Gasteiger charge is -2.36. The minimum Gasteiger partial charge on any atom is -0.369 e. The van der Waals surface area contributed by atoms with E-state index in [0.29, 0.717) is 23.7 Å². The SMILES string of the molecule is Cc1cccc(N2CCN(CCNC(=O)c3cnn(Cc4ccccc4Cl)c3)CC2)c1. The van der Waals surface area contributed by atoms with E-state index in [2.05, 4.69) is 51.4 Å². The van der Waals surface area contributed by atoms with Crippen LogP contribution in [0.3, 0.4) is 0 Å². The van der Waals surface area contributed by atoms with Crippen LogP contribution >= 0.6 is 11.6 Å². The summed E-state index contributed by atoms with van der Waals surface area (Å²) in [4.78, 5) is 17.3. The molecule has 7 heteroatoms. The lowest BCUT2D eigenvalue weighted by molar-refractivity contribution is 0.0947. The van der Waals surface area contributed by atoms with Gasteiger partial charge in [-0.2, -0.15) is 5.10 Å². The van der Waals surface area contributed by atoms with Gasteiger partial charge in [-0.25, -0.2) is 0 Å². The normalized spacial score (nSPS) is 14.6. The topological polar surface area (TPSA) is 53.4 Å².